The lowest BCUT2D eigenvalue weighted by Crippen LogP contribution is -2.31. The van der Waals surface area contributed by atoms with Crippen molar-refractivity contribution >= 4 is 47.8 Å². The molecule has 0 aromatic heterocycles. The third kappa shape index (κ3) is 20.8. The Labute approximate surface area is 516 Å². The van der Waals surface area contributed by atoms with Gasteiger partial charge in [0.1, 0.15) is 23.0 Å². The molecule has 4 aromatic carbocycles. The fourth-order valence-corrected chi connectivity index (χ4v) is 10.8. The minimum absolute atomic E-state index is 0.0354. The number of benzene rings is 4. The molecule has 20 nitrogen and oxygen atoms in total. The number of ether oxygens (including phenoxy) is 8. The van der Waals surface area contributed by atoms with E-state index in [1.807, 2.05) is 48.5 Å². The Hall–Kier alpha value is -7.46. The molecule has 1 aliphatic carbocycles. The average molecular weight is 1220 g/mol. The molecule has 4 heterocycles. The van der Waals surface area contributed by atoms with Crippen LogP contribution < -0.4 is 32.4 Å². The first-order valence-corrected chi connectivity index (χ1v) is 31.0. The van der Waals surface area contributed by atoms with Crippen LogP contribution in [0, 0.1) is 23.7 Å². The summed E-state index contributed by atoms with van der Waals surface area (Å²) in [5.74, 6) is -4.66. The van der Waals surface area contributed by atoms with Crippen molar-refractivity contribution in [3.8, 4) is 23.0 Å². The van der Waals surface area contributed by atoms with Gasteiger partial charge in [-0.15, -0.1) is 0 Å². The normalized spacial score (nSPS) is 18.1. The first-order chi connectivity index (χ1) is 42.5. The van der Waals surface area contributed by atoms with E-state index in [-0.39, 0.29) is 40.0 Å². The quantitative estimate of drug-likeness (QED) is 0.0120. The predicted molar refractivity (Wildman–Crippen MR) is 328 cm³/mol. The van der Waals surface area contributed by atoms with Gasteiger partial charge in [0, 0.05) is 31.8 Å². The second-order valence-electron chi connectivity index (χ2n) is 22.9. The number of rotatable bonds is 31. The molecule has 4 unspecified atom stereocenters. The zero-order chi connectivity index (χ0) is 63.4. The Morgan fingerprint density at radius 1 is 0.420 bits per heavy atom. The van der Waals surface area contributed by atoms with Crippen molar-refractivity contribution < 1.29 is 76.3 Å². The number of nitrogens with two attached hydrogens (primary N) is 4. The van der Waals surface area contributed by atoms with E-state index in [2.05, 4.69) is 32.8 Å². The molecule has 2 saturated heterocycles. The van der Waals surface area contributed by atoms with Gasteiger partial charge in [0.2, 0.25) is 0 Å². The van der Waals surface area contributed by atoms with Gasteiger partial charge < -0.3 is 60.8 Å². The van der Waals surface area contributed by atoms with Crippen LogP contribution >= 0.6 is 0 Å². The Bertz CT molecular complexity index is 2860. The molecule has 9 rings (SSSR count). The summed E-state index contributed by atoms with van der Waals surface area (Å²) in [6.07, 6.45) is 22.0. The van der Waals surface area contributed by atoms with Crippen molar-refractivity contribution in [2.24, 2.45) is 46.6 Å². The fraction of sp³-hybridized carbons (Fsp3) is 0.500. The van der Waals surface area contributed by atoms with Crippen molar-refractivity contribution in [2.45, 2.75) is 142 Å². The van der Waals surface area contributed by atoms with E-state index in [0.29, 0.717) is 29.4 Å². The Balaban J connectivity index is 0.000000211. The van der Waals surface area contributed by atoms with Crippen molar-refractivity contribution in [2.75, 3.05) is 52.6 Å². The molecule has 8 N–H and O–H groups in total. The molecule has 4 atom stereocenters. The van der Waals surface area contributed by atoms with Gasteiger partial charge in [-0.2, -0.15) is 0 Å². The van der Waals surface area contributed by atoms with E-state index in [1.165, 1.54) is 88.5 Å². The van der Waals surface area contributed by atoms with E-state index in [1.54, 1.807) is 25.1 Å². The van der Waals surface area contributed by atoms with Gasteiger partial charge in [-0.25, -0.2) is 19.2 Å². The monoisotopic (exact) mass is 1220 g/mol. The maximum Gasteiger partial charge on any atom is 0.347 e. The van der Waals surface area contributed by atoms with Gasteiger partial charge >= 0.3 is 47.8 Å². The zero-order valence-corrected chi connectivity index (χ0v) is 51.2. The highest BCUT2D eigenvalue weighted by Gasteiger charge is 2.51. The van der Waals surface area contributed by atoms with Gasteiger partial charge in [0.15, 0.2) is 0 Å². The molecule has 4 aliphatic heterocycles. The molecule has 0 radical (unpaired) electrons. The van der Waals surface area contributed by atoms with Gasteiger partial charge in [-0.05, 0) is 169 Å². The number of carbonyl (C=O) groups excluding carboxylic acids is 8. The molecule has 0 bridgehead atoms. The molecule has 2 fully saturated rings. The van der Waals surface area contributed by atoms with Crippen molar-refractivity contribution in [1.29, 1.82) is 0 Å². The summed E-state index contributed by atoms with van der Waals surface area (Å²) < 4.78 is 41.1. The number of cyclic esters (lactones) is 8. The topological polar surface area (TPSA) is 314 Å². The minimum Gasteiger partial charge on any atom is -0.457 e. The number of esters is 8. The summed E-state index contributed by atoms with van der Waals surface area (Å²) in [6, 6.07) is 24.5. The molecule has 0 amide bonds. The van der Waals surface area contributed by atoms with Crippen LogP contribution in [-0.4, -0.2) is 100 Å². The predicted octanol–water partition coefficient (Wildman–Crippen LogP) is 10.7. The van der Waals surface area contributed by atoms with Crippen LogP contribution in [0.3, 0.4) is 0 Å². The van der Waals surface area contributed by atoms with Gasteiger partial charge in [0.05, 0.1) is 46.4 Å². The van der Waals surface area contributed by atoms with Crippen LogP contribution in [0.1, 0.15) is 189 Å². The molecule has 0 spiro atoms. The summed E-state index contributed by atoms with van der Waals surface area (Å²) in [5, 5.41) is 0. The zero-order valence-electron chi connectivity index (χ0n) is 51.2. The highest BCUT2D eigenvalue weighted by Crippen LogP contribution is 2.44. The molecule has 20 heteroatoms. The summed E-state index contributed by atoms with van der Waals surface area (Å²) in [5.41, 5.74) is 24.9. The maximum atomic E-state index is 11.8. The van der Waals surface area contributed by atoms with E-state index in [0.717, 1.165) is 108 Å². The molecule has 88 heavy (non-hydrogen) atoms. The number of unbranched alkanes of at least 4 members (excludes halogenated alkanes) is 12. The molecule has 4 aromatic rings. The Morgan fingerprint density at radius 2 is 0.784 bits per heavy atom. The SMILES string of the molecule is CC(C)(c1ccc(Oc2ccc3c(c2)C(=O)OC3=O)cc1)c1ccc(Oc2ccc3c(c2)C(=O)OC3=O)cc1.CC1=CC(C2CC(=O)OC2=O)CC2C(=O)OC(=O)C12.NCCCCCCCCCCCCN.NCCCCOCCCCOCCCCN. The maximum absolute atomic E-state index is 11.8. The van der Waals surface area contributed by atoms with E-state index < -0.39 is 65.5 Å². The second kappa shape index (κ2) is 36.1. The molecular weight excluding hydrogens is 1130 g/mol. The van der Waals surface area contributed by atoms with Crippen LogP contribution in [0.25, 0.3) is 0 Å². The summed E-state index contributed by atoms with van der Waals surface area (Å²) in [4.78, 5) is 92.8. The van der Waals surface area contributed by atoms with E-state index >= 15 is 0 Å². The first kappa shape index (κ1) is 69.6. The second-order valence-corrected chi connectivity index (χ2v) is 22.9. The van der Waals surface area contributed by atoms with E-state index in [9.17, 15) is 38.4 Å². The van der Waals surface area contributed by atoms with Crippen molar-refractivity contribution in [1.82, 2.24) is 0 Å². The number of allylic oxidation sites excluding steroid dienone is 1. The highest BCUT2D eigenvalue weighted by atomic mass is 16.6. The third-order valence-corrected chi connectivity index (χ3v) is 15.9. The molecule has 5 aliphatic rings. The standard InChI is InChI=1S/C31H20O8.C13H12O6.C12H28N2O2.C12H28N2/c1-31(2,17-3-7-19(8-4-17)36-21-11-13-23-25(15-21)29(34)38-27(23)32)18-5-9-20(10-6-18)37-22-12-14-24-26(16-22)30(35)39-28(24)33;1-5-2-6(7-4-9(14)18-11(7)15)3-8-10(5)13(17)19-12(8)16;13-7-1-3-9-15-11-5-6-12-16-10-4-2-8-14;13-11-9-7-5-3-1-2-4-6-8-10-12-14/h3-16H,1-2H3;2,6-8,10H,3-4H2,1H3;1-14H2;1-14H2. The first-order valence-electron chi connectivity index (χ1n) is 31.0. The Kier molecular flexibility index (Phi) is 28.6. The lowest BCUT2D eigenvalue weighted by molar-refractivity contribution is -0.155. The summed E-state index contributed by atoms with van der Waals surface area (Å²) in [7, 11) is 0. The van der Waals surface area contributed by atoms with Gasteiger partial charge in [-0.3, -0.25) is 19.2 Å². The number of hydrogen-bond donors (Lipinski definition) is 4. The van der Waals surface area contributed by atoms with E-state index in [4.69, 9.17) is 41.9 Å². The molecule has 476 valence electrons. The van der Waals surface area contributed by atoms with Gasteiger partial charge in [-0.1, -0.05) is 101 Å². The number of fused-ring (bicyclic) bond motifs is 3. The largest absolute Gasteiger partial charge is 0.457 e. The van der Waals surface area contributed by atoms with Crippen LogP contribution in [0.4, 0.5) is 0 Å². The highest BCUT2D eigenvalue weighted by molar-refractivity contribution is 6.15. The number of hydrogen-bond acceptors (Lipinski definition) is 20. The lowest BCUT2D eigenvalue weighted by Gasteiger charge is -2.27. The fourth-order valence-electron chi connectivity index (χ4n) is 10.8. The summed E-state index contributed by atoms with van der Waals surface area (Å²) in [6.45, 7) is 12.6. The lowest BCUT2D eigenvalue weighted by atomic mass is 9.72. The molecule has 0 saturated carbocycles. The average Bonchev–Trinajstić information content (AvgIpc) is 1.93. The van der Waals surface area contributed by atoms with Crippen LogP contribution in [0.5, 0.6) is 23.0 Å². The van der Waals surface area contributed by atoms with Crippen molar-refractivity contribution in [3.05, 3.63) is 130 Å². The Morgan fingerprint density at radius 3 is 1.18 bits per heavy atom. The summed E-state index contributed by atoms with van der Waals surface area (Å²) >= 11 is 0. The smallest absolute Gasteiger partial charge is 0.347 e. The minimum atomic E-state index is -0.678. The van der Waals surface area contributed by atoms with Crippen LogP contribution in [0.15, 0.2) is 96.6 Å². The number of carbonyl (C=O) groups is 8. The third-order valence-electron chi connectivity index (χ3n) is 15.9. The van der Waals surface area contributed by atoms with Gasteiger partial charge in [0.25, 0.3) is 0 Å². The van der Waals surface area contributed by atoms with Crippen LogP contribution in [-0.2, 0) is 53.0 Å². The van der Waals surface area contributed by atoms with Crippen LogP contribution in [0.2, 0.25) is 0 Å². The van der Waals surface area contributed by atoms with Crippen molar-refractivity contribution in [3.63, 3.8) is 0 Å². The molecular formula is C68H88N4O16.